The van der Waals surface area contributed by atoms with Crippen LogP contribution in [0, 0.1) is 0 Å². The second-order valence-corrected chi connectivity index (χ2v) is 5.12. The van der Waals surface area contributed by atoms with E-state index in [0.717, 1.165) is 25.4 Å². The molecule has 0 saturated heterocycles. The molecule has 2 N–H and O–H groups in total. The lowest BCUT2D eigenvalue weighted by Gasteiger charge is -2.15. The van der Waals surface area contributed by atoms with Crippen molar-refractivity contribution in [2.75, 3.05) is 26.4 Å². The molecule has 21 heavy (non-hydrogen) atoms. The van der Waals surface area contributed by atoms with Gasteiger partial charge in [0, 0.05) is 19.2 Å². The van der Waals surface area contributed by atoms with E-state index < -0.39 is 6.10 Å². The SMILES string of the molecule is CCOCCc1ccc(OCC(O)CNC(C)C)cc1.Cl. The monoisotopic (exact) mass is 317 g/mol. The summed E-state index contributed by atoms with van der Waals surface area (Å²) in [6, 6.07) is 8.31. The first kappa shape index (κ1) is 20.2. The summed E-state index contributed by atoms with van der Waals surface area (Å²) in [5.41, 5.74) is 1.23. The molecule has 1 rings (SSSR count). The second-order valence-electron chi connectivity index (χ2n) is 5.12. The smallest absolute Gasteiger partial charge is 0.119 e. The molecule has 0 aromatic heterocycles. The van der Waals surface area contributed by atoms with Gasteiger partial charge >= 0.3 is 0 Å². The van der Waals surface area contributed by atoms with Gasteiger partial charge in [-0.3, -0.25) is 0 Å². The predicted octanol–water partition coefficient (Wildman–Crippen LogP) is 2.43. The van der Waals surface area contributed by atoms with E-state index in [1.807, 2.05) is 31.2 Å². The largest absolute Gasteiger partial charge is 0.491 e. The van der Waals surface area contributed by atoms with Gasteiger partial charge in [0.05, 0.1) is 6.61 Å². The van der Waals surface area contributed by atoms with E-state index in [2.05, 4.69) is 19.2 Å². The van der Waals surface area contributed by atoms with Crippen molar-refractivity contribution >= 4 is 12.4 Å². The lowest BCUT2D eigenvalue weighted by molar-refractivity contribution is 0.104. The molecule has 0 aliphatic heterocycles. The van der Waals surface area contributed by atoms with Gasteiger partial charge < -0.3 is 19.9 Å². The van der Waals surface area contributed by atoms with Gasteiger partial charge in [0.15, 0.2) is 0 Å². The summed E-state index contributed by atoms with van der Waals surface area (Å²) < 4.78 is 10.9. The third kappa shape index (κ3) is 9.69. The lowest BCUT2D eigenvalue weighted by Crippen LogP contribution is -2.35. The summed E-state index contributed by atoms with van der Waals surface area (Å²) in [5.74, 6) is 0.786. The van der Waals surface area contributed by atoms with E-state index in [1.54, 1.807) is 0 Å². The molecule has 0 spiro atoms. The maximum Gasteiger partial charge on any atom is 0.119 e. The summed E-state index contributed by atoms with van der Waals surface area (Å²) in [6.07, 6.45) is 0.421. The van der Waals surface area contributed by atoms with E-state index in [4.69, 9.17) is 9.47 Å². The van der Waals surface area contributed by atoms with E-state index in [0.29, 0.717) is 19.2 Å². The van der Waals surface area contributed by atoms with Crippen LogP contribution in [0.2, 0.25) is 0 Å². The van der Waals surface area contributed by atoms with Crippen LogP contribution in [0.5, 0.6) is 5.75 Å². The third-order valence-corrected chi connectivity index (χ3v) is 2.87. The Kier molecular flexibility index (Phi) is 11.4. The Morgan fingerprint density at radius 1 is 1.19 bits per heavy atom. The third-order valence-electron chi connectivity index (χ3n) is 2.87. The van der Waals surface area contributed by atoms with E-state index >= 15 is 0 Å². The molecule has 0 amide bonds. The minimum atomic E-state index is -0.491. The molecule has 0 aliphatic rings. The second kappa shape index (κ2) is 11.8. The molecule has 0 radical (unpaired) electrons. The molecular weight excluding hydrogens is 290 g/mol. The van der Waals surface area contributed by atoms with Crippen LogP contribution in [-0.2, 0) is 11.2 Å². The van der Waals surface area contributed by atoms with Gasteiger partial charge in [-0.25, -0.2) is 0 Å². The number of nitrogens with one attached hydrogen (secondary N) is 1. The lowest BCUT2D eigenvalue weighted by atomic mass is 10.1. The summed E-state index contributed by atoms with van der Waals surface area (Å²) >= 11 is 0. The van der Waals surface area contributed by atoms with Crippen molar-refractivity contribution in [3.63, 3.8) is 0 Å². The molecule has 0 saturated carbocycles. The normalized spacial score (nSPS) is 12.0. The average Bonchev–Trinajstić information content (AvgIpc) is 2.44. The van der Waals surface area contributed by atoms with Crippen LogP contribution in [0.4, 0.5) is 0 Å². The quantitative estimate of drug-likeness (QED) is 0.651. The number of hydrogen-bond acceptors (Lipinski definition) is 4. The van der Waals surface area contributed by atoms with Crippen LogP contribution < -0.4 is 10.1 Å². The Balaban J connectivity index is 0.00000400. The molecular formula is C16H28ClNO3. The average molecular weight is 318 g/mol. The zero-order valence-corrected chi connectivity index (χ0v) is 14.0. The van der Waals surface area contributed by atoms with Gasteiger partial charge in [0.1, 0.15) is 18.5 Å². The minimum Gasteiger partial charge on any atom is -0.491 e. The molecule has 1 atom stereocenters. The molecule has 4 nitrogen and oxygen atoms in total. The predicted molar refractivity (Wildman–Crippen MR) is 88.5 cm³/mol. The minimum absolute atomic E-state index is 0. The molecule has 1 unspecified atom stereocenters. The van der Waals surface area contributed by atoms with Crippen LogP contribution in [0.3, 0.4) is 0 Å². The number of hydrogen-bond donors (Lipinski definition) is 2. The highest BCUT2D eigenvalue weighted by molar-refractivity contribution is 5.85. The van der Waals surface area contributed by atoms with Crippen molar-refractivity contribution in [3.05, 3.63) is 29.8 Å². The summed E-state index contributed by atoms with van der Waals surface area (Å²) in [7, 11) is 0. The van der Waals surface area contributed by atoms with E-state index in [-0.39, 0.29) is 12.4 Å². The summed E-state index contributed by atoms with van der Waals surface area (Å²) in [4.78, 5) is 0. The number of benzene rings is 1. The van der Waals surface area contributed by atoms with E-state index in [9.17, 15) is 5.11 Å². The highest BCUT2D eigenvalue weighted by Gasteiger charge is 2.06. The molecule has 1 aromatic rings. The molecule has 0 fully saturated rings. The van der Waals surface area contributed by atoms with Gasteiger partial charge in [0.2, 0.25) is 0 Å². The number of halogens is 1. The van der Waals surface area contributed by atoms with Crippen LogP contribution in [0.1, 0.15) is 26.3 Å². The Labute approximate surface area is 134 Å². The summed E-state index contributed by atoms with van der Waals surface area (Å²) in [5, 5.41) is 12.9. The first-order valence-electron chi connectivity index (χ1n) is 7.32. The van der Waals surface area contributed by atoms with Gasteiger partial charge in [0.25, 0.3) is 0 Å². The Hall–Kier alpha value is -0.810. The van der Waals surface area contributed by atoms with Crippen molar-refractivity contribution in [2.24, 2.45) is 0 Å². The number of rotatable bonds is 10. The standard InChI is InChI=1S/C16H27NO3.ClH/c1-4-19-10-9-14-5-7-16(8-6-14)20-12-15(18)11-17-13(2)3;/h5-8,13,15,17-18H,4,9-12H2,1-3H3;1H. The molecule has 122 valence electrons. The zero-order valence-electron chi connectivity index (χ0n) is 13.2. The molecule has 0 bridgehead atoms. The van der Waals surface area contributed by atoms with Gasteiger partial charge in [-0.15, -0.1) is 12.4 Å². The van der Waals surface area contributed by atoms with Crippen molar-refractivity contribution in [3.8, 4) is 5.75 Å². The van der Waals surface area contributed by atoms with Gasteiger partial charge in [-0.2, -0.15) is 0 Å². The molecule has 1 aromatic carbocycles. The fraction of sp³-hybridized carbons (Fsp3) is 0.625. The van der Waals surface area contributed by atoms with Crippen LogP contribution in [0.15, 0.2) is 24.3 Å². The fourth-order valence-electron chi connectivity index (χ4n) is 1.71. The fourth-order valence-corrected chi connectivity index (χ4v) is 1.71. The molecule has 0 aliphatic carbocycles. The van der Waals surface area contributed by atoms with E-state index in [1.165, 1.54) is 5.56 Å². The van der Waals surface area contributed by atoms with Crippen LogP contribution in [-0.4, -0.2) is 43.6 Å². The number of ether oxygens (including phenoxy) is 2. The molecule has 5 heteroatoms. The van der Waals surface area contributed by atoms with Gasteiger partial charge in [-0.05, 0) is 31.0 Å². The van der Waals surface area contributed by atoms with Crippen molar-refractivity contribution < 1.29 is 14.6 Å². The molecule has 0 heterocycles. The summed E-state index contributed by atoms with van der Waals surface area (Å²) in [6.45, 7) is 8.45. The highest BCUT2D eigenvalue weighted by atomic mass is 35.5. The van der Waals surface area contributed by atoms with Crippen LogP contribution >= 0.6 is 12.4 Å². The Morgan fingerprint density at radius 2 is 1.86 bits per heavy atom. The van der Waals surface area contributed by atoms with Crippen LogP contribution in [0.25, 0.3) is 0 Å². The zero-order chi connectivity index (χ0) is 14.8. The first-order chi connectivity index (χ1) is 9.61. The van der Waals surface area contributed by atoms with Gasteiger partial charge in [-0.1, -0.05) is 26.0 Å². The van der Waals surface area contributed by atoms with Crippen molar-refractivity contribution in [2.45, 2.75) is 39.3 Å². The van der Waals surface area contributed by atoms with Crippen molar-refractivity contribution in [1.29, 1.82) is 0 Å². The maximum atomic E-state index is 9.75. The Bertz CT molecular complexity index is 357. The topological polar surface area (TPSA) is 50.7 Å². The van der Waals surface area contributed by atoms with Crippen molar-refractivity contribution in [1.82, 2.24) is 5.32 Å². The number of aliphatic hydroxyl groups is 1. The Morgan fingerprint density at radius 3 is 2.43 bits per heavy atom. The maximum absolute atomic E-state index is 9.75. The first-order valence-corrected chi connectivity index (χ1v) is 7.32. The number of aliphatic hydroxyl groups excluding tert-OH is 1. The highest BCUT2D eigenvalue weighted by Crippen LogP contribution is 2.13.